The van der Waals surface area contributed by atoms with E-state index < -0.39 is 0 Å². The van der Waals surface area contributed by atoms with Crippen molar-refractivity contribution < 1.29 is 9.47 Å². The molecule has 1 aliphatic heterocycles. The van der Waals surface area contributed by atoms with Crippen LogP contribution in [0.5, 0.6) is 5.75 Å². The summed E-state index contributed by atoms with van der Waals surface area (Å²) in [6.07, 6.45) is 0. The molecule has 1 heterocycles. The Kier molecular flexibility index (Phi) is 6.70. The Labute approximate surface area is 154 Å². The molecular formula is C20H25ClN2O2. The molecule has 0 amide bonds. The van der Waals surface area contributed by atoms with E-state index in [2.05, 4.69) is 34.5 Å². The standard InChI is InChI=1S/C20H25ClN2O2/c1-24-19-7-5-16(6-8-19)14-22-15-20(23-9-11-25-12-10-23)17-3-2-4-18(21)13-17/h2-8,13,20,22H,9-12,14-15H2,1H3. The van der Waals surface area contributed by atoms with Gasteiger partial charge >= 0.3 is 0 Å². The van der Waals surface area contributed by atoms with Gasteiger partial charge in [0.2, 0.25) is 0 Å². The molecule has 134 valence electrons. The van der Waals surface area contributed by atoms with Gasteiger partial charge in [-0.25, -0.2) is 0 Å². The van der Waals surface area contributed by atoms with E-state index in [1.807, 2.05) is 24.3 Å². The number of methoxy groups -OCH3 is 1. The van der Waals surface area contributed by atoms with E-state index in [0.717, 1.165) is 50.2 Å². The molecule has 1 fully saturated rings. The lowest BCUT2D eigenvalue weighted by molar-refractivity contribution is 0.0161. The SMILES string of the molecule is COc1ccc(CNCC(c2cccc(Cl)c2)N2CCOCC2)cc1. The first kappa shape index (κ1) is 18.2. The van der Waals surface area contributed by atoms with E-state index in [1.165, 1.54) is 11.1 Å². The van der Waals surface area contributed by atoms with Crippen LogP contribution >= 0.6 is 11.6 Å². The van der Waals surface area contributed by atoms with Gasteiger partial charge in [0.15, 0.2) is 0 Å². The number of nitrogens with zero attached hydrogens (tertiary/aromatic N) is 1. The summed E-state index contributed by atoms with van der Waals surface area (Å²) in [4.78, 5) is 2.47. The maximum absolute atomic E-state index is 6.21. The van der Waals surface area contributed by atoms with E-state index in [-0.39, 0.29) is 0 Å². The number of hydrogen-bond acceptors (Lipinski definition) is 4. The molecule has 0 aliphatic carbocycles. The number of halogens is 1. The van der Waals surface area contributed by atoms with Crippen molar-refractivity contribution in [3.63, 3.8) is 0 Å². The van der Waals surface area contributed by atoms with Crippen molar-refractivity contribution in [1.29, 1.82) is 0 Å². The maximum Gasteiger partial charge on any atom is 0.118 e. The number of morpholine rings is 1. The average Bonchev–Trinajstić information content (AvgIpc) is 2.66. The Morgan fingerprint density at radius 3 is 2.60 bits per heavy atom. The van der Waals surface area contributed by atoms with Crippen LogP contribution in [0.4, 0.5) is 0 Å². The molecule has 0 radical (unpaired) electrons. The van der Waals surface area contributed by atoms with Crippen LogP contribution in [0.25, 0.3) is 0 Å². The second-order valence-electron chi connectivity index (χ2n) is 6.20. The van der Waals surface area contributed by atoms with Gasteiger partial charge in [0.1, 0.15) is 5.75 Å². The monoisotopic (exact) mass is 360 g/mol. The van der Waals surface area contributed by atoms with Gasteiger partial charge in [-0.2, -0.15) is 0 Å². The summed E-state index contributed by atoms with van der Waals surface area (Å²) in [6.45, 7) is 5.16. The van der Waals surface area contributed by atoms with E-state index in [4.69, 9.17) is 21.1 Å². The first-order chi connectivity index (χ1) is 12.3. The third kappa shape index (κ3) is 5.19. The van der Waals surface area contributed by atoms with Crippen LogP contribution in [0.2, 0.25) is 5.02 Å². The molecule has 1 unspecified atom stereocenters. The summed E-state index contributed by atoms with van der Waals surface area (Å²) in [5, 5.41) is 4.37. The number of benzene rings is 2. The largest absolute Gasteiger partial charge is 0.497 e. The quantitative estimate of drug-likeness (QED) is 0.819. The van der Waals surface area contributed by atoms with Gasteiger partial charge in [-0.15, -0.1) is 0 Å². The van der Waals surface area contributed by atoms with Crippen LogP contribution in [-0.2, 0) is 11.3 Å². The van der Waals surface area contributed by atoms with Crippen LogP contribution in [0.3, 0.4) is 0 Å². The van der Waals surface area contributed by atoms with Gasteiger partial charge in [-0.1, -0.05) is 35.9 Å². The molecule has 0 aromatic heterocycles. The van der Waals surface area contributed by atoms with Crippen molar-refractivity contribution in [2.45, 2.75) is 12.6 Å². The summed E-state index contributed by atoms with van der Waals surface area (Å²) in [5.41, 5.74) is 2.49. The fourth-order valence-corrected chi connectivity index (χ4v) is 3.36. The van der Waals surface area contributed by atoms with Crippen LogP contribution in [0, 0.1) is 0 Å². The predicted molar refractivity (Wildman–Crippen MR) is 101 cm³/mol. The third-order valence-corrected chi connectivity index (χ3v) is 4.78. The van der Waals surface area contributed by atoms with Gasteiger partial charge in [-0.05, 0) is 35.4 Å². The minimum atomic E-state index is 0.292. The number of rotatable bonds is 7. The van der Waals surface area contributed by atoms with Crippen LogP contribution < -0.4 is 10.1 Å². The molecule has 2 aromatic carbocycles. The van der Waals surface area contributed by atoms with Crippen molar-refractivity contribution in [3.8, 4) is 5.75 Å². The zero-order valence-electron chi connectivity index (χ0n) is 14.6. The molecule has 3 rings (SSSR count). The molecule has 25 heavy (non-hydrogen) atoms. The Balaban J connectivity index is 1.64. The molecule has 0 spiro atoms. The predicted octanol–water partition coefficient (Wildman–Crippen LogP) is 3.51. The molecule has 1 atom stereocenters. The number of nitrogens with one attached hydrogen (secondary N) is 1. The van der Waals surface area contributed by atoms with Gasteiger partial charge < -0.3 is 14.8 Å². The molecule has 1 N–H and O–H groups in total. The summed E-state index contributed by atoms with van der Waals surface area (Å²) in [7, 11) is 1.69. The van der Waals surface area contributed by atoms with Crippen molar-refractivity contribution in [3.05, 3.63) is 64.7 Å². The zero-order chi connectivity index (χ0) is 17.5. The highest BCUT2D eigenvalue weighted by atomic mass is 35.5. The molecule has 1 saturated heterocycles. The van der Waals surface area contributed by atoms with Crippen molar-refractivity contribution in [1.82, 2.24) is 10.2 Å². The molecule has 2 aromatic rings. The Morgan fingerprint density at radius 1 is 1.16 bits per heavy atom. The van der Waals surface area contributed by atoms with Gasteiger partial charge in [0, 0.05) is 37.2 Å². The van der Waals surface area contributed by atoms with Crippen molar-refractivity contribution >= 4 is 11.6 Å². The summed E-state index contributed by atoms with van der Waals surface area (Å²) < 4.78 is 10.7. The lowest BCUT2D eigenvalue weighted by atomic mass is 10.0. The molecule has 0 saturated carbocycles. The molecule has 4 nitrogen and oxygen atoms in total. The maximum atomic E-state index is 6.21. The van der Waals surface area contributed by atoms with E-state index in [0.29, 0.717) is 6.04 Å². The second-order valence-corrected chi connectivity index (χ2v) is 6.63. The van der Waals surface area contributed by atoms with Crippen LogP contribution in [-0.4, -0.2) is 44.9 Å². The Bertz CT molecular complexity index is 657. The summed E-state index contributed by atoms with van der Waals surface area (Å²) in [6, 6.07) is 16.6. The first-order valence-electron chi connectivity index (χ1n) is 8.67. The van der Waals surface area contributed by atoms with Crippen LogP contribution in [0.1, 0.15) is 17.2 Å². The Morgan fingerprint density at radius 2 is 1.92 bits per heavy atom. The van der Waals surface area contributed by atoms with Gasteiger partial charge in [0.25, 0.3) is 0 Å². The van der Waals surface area contributed by atoms with E-state index in [1.54, 1.807) is 7.11 Å². The lowest BCUT2D eigenvalue weighted by Crippen LogP contribution is -2.42. The van der Waals surface area contributed by atoms with Gasteiger partial charge in [-0.3, -0.25) is 4.90 Å². The highest BCUT2D eigenvalue weighted by Gasteiger charge is 2.22. The molecule has 1 aliphatic rings. The number of hydrogen-bond donors (Lipinski definition) is 1. The molecule has 0 bridgehead atoms. The summed E-state index contributed by atoms with van der Waals surface area (Å²) >= 11 is 6.21. The van der Waals surface area contributed by atoms with E-state index in [9.17, 15) is 0 Å². The minimum Gasteiger partial charge on any atom is -0.497 e. The molecule has 5 heteroatoms. The highest BCUT2D eigenvalue weighted by molar-refractivity contribution is 6.30. The van der Waals surface area contributed by atoms with E-state index >= 15 is 0 Å². The average molecular weight is 361 g/mol. The highest BCUT2D eigenvalue weighted by Crippen LogP contribution is 2.24. The first-order valence-corrected chi connectivity index (χ1v) is 9.05. The smallest absolute Gasteiger partial charge is 0.118 e. The third-order valence-electron chi connectivity index (χ3n) is 4.55. The minimum absolute atomic E-state index is 0.292. The normalized spacial score (nSPS) is 16.6. The topological polar surface area (TPSA) is 33.7 Å². The lowest BCUT2D eigenvalue weighted by Gasteiger charge is -2.35. The van der Waals surface area contributed by atoms with Crippen molar-refractivity contribution in [2.24, 2.45) is 0 Å². The second kappa shape index (κ2) is 9.20. The molecular weight excluding hydrogens is 336 g/mol. The zero-order valence-corrected chi connectivity index (χ0v) is 15.3. The van der Waals surface area contributed by atoms with Gasteiger partial charge in [0.05, 0.1) is 20.3 Å². The Hall–Kier alpha value is -1.59. The van der Waals surface area contributed by atoms with Crippen molar-refractivity contribution in [2.75, 3.05) is 40.0 Å². The van der Waals surface area contributed by atoms with Crippen LogP contribution in [0.15, 0.2) is 48.5 Å². The summed E-state index contributed by atoms with van der Waals surface area (Å²) in [5.74, 6) is 0.883. The fraction of sp³-hybridized carbons (Fsp3) is 0.400. The number of ether oxygens (including phenoxy) is 2. The fourth-order valence-electron chi connectivity index (χ4n) is 3.16.